The fourth-order valence-electron chi connectivity index (χ4n) is 2.63. The third-order valence-corrected chi connectivity index (χ3v) is 5.19. The lowest BCUT2D eigenvalue weighted by Gasteiger charge is -2.20. The van der Waals surface area contributed by atoms with Gasteiger partial charge >= 0.3 is 0 Å². The van der Waals surface area contributed by atoms with Crippen LogP contribution in [0.25, 0.3) is 0 Å². The molecule has 0 radical (unpaired) electrons. The second kappa shape index (κ2) is 6.22. The molecular formula is C14H19Cl2NO2S. The molecule has 0 saturated carbocycles. The summed E-state index contributed by atoms with van der Waals surface area (Å²) in [6, 6.07) is 4.07. The molecule has 0 unspecified atom stereocenters. The van der Waals surface area contributed by atoms with Crippen molar-refractivity contribution in [2.75, 3.05) is 12.0 Å². The van der Waals surface area contributed by atoms with Crippen molar-refractivity contribution in [1.29, 1.82) is 0 Å². The van der Waals surface area contributed by atoms with Gasteiger partial charge in [-0.3, -0.25) is 0 Å². The largest absolute Gasteiger partial charge is 0.307 e. The zero-order chi connectivity index (χ0) is 14.9. The molecule has 3 nitrogen and oxygen atoms in total. The molecule has 2 rings (SSSR count). The van der Waals surface area contributed by atoms with Crippen molar-refractivity contribution in [2.45, 2.75) is 38.3 Å². The maximum Gasteiger partial charge on any atom is 0.147 e. The van der Waals surface area contributed by atoms with E-state index in [1.54, 1.807) is 6.07 Å². The van der Waals surface area contributed by atoms with Crippen LogP contribution in [-0.2, 0) is 16.3 Å². The Kier molecular flexibility index (Phi) is 5.00. The first kappa shape index (κ1) is 16.1. The van der Waals surface area contributed by atoms with Crippen LogP contribution in [0.4, 0.5) is 0 Å². The molecule has 1 N–H and O–H groups in total. The molecule has 2 atom stereocenters. The van der Waals surface area contributed by atoms with Crippen LogP contribution in [0.5, 0.6) is 0 Å². The predicted octanol–water partition coefficient (Wildman–Crippen LogP) is 3.39. The first-order valence-electron chi connectivity index (χ1n) is 6.68. The van der Waals surface area contributed by atoms with E-state index >= 15 is 0 Å². The number of sulfone groups is 1. The standard InChI is InChI=1S/C14H19Cl2NO2S/c1-9(5-6-20(2,18)19)17-14-4-3-11-12(14)7-10(15)8-13(11)16/h7-9,14,17H,3-6H2,1-2H3/t9-,14-/m0/s1. The Morgan fingerprint density at radius 3 is 2.75 bits per heavy atom. The van der Waals surface area contributed by atoms with Gasteiger partial charge in [0, 0.05) is 28.4 Å². The lowest BCUT2D eigenvalue weighted by Crippen LogP contribution is -2.31. The van der Waals surface area contributed by atoms with Crippen LogP contribution in [0.2, 0.25) is 10.0 Å². The van der Waals surface area contributed by atoms with Crippen LogP contribution < -0.4 is 5.32 Å². The molecule has 112 valence electrons. The fraction of sp³-hybridized carbons (Fsp3) is 0.571. The van der Waals surface area contributed by atoms with Gasteiger partial charge in [-0.05, 0) is 49.4 Å². The molecule has 0 aromatic heterocycles. The summed E-state index contributed by atoms with van der Waals surface area (Å²) in [7, 11) is -2.91. The summed E-state index contributed by atoms with van der Waals surface area (Å²) in [5, 5.41) is 4.85. The van der Waals surface area contributed by atoms with Gasteiger partial charge in [-0.15, -0.1) is 0 Å². The Labute approximate surface area is 130 Å². The Balaban J connectivity index is 2.04. The zero-order valence-electron chi connectivity index (χ0n) is 11.6. The lowest BCUT2D eigenvalue weighted by molar-refractivity contribution is 0.444. The number of rotatable bonds is 5. The van der Waals surface area contributed by atoms with E-state index in [9.17, 15) is 8.42 Å². The van der Waals surface area contributed by atoms with Crippen molar-refractivity contribution in [2.24, 2.45) is 0 Å². The van der Waals surface area contributed by atoms with Gasteiger partial charge in [-0.2, -0.15) is 0 Å². The van der Waals surface area contributed by atoms with Gasteiger partial charge in [0.15, 0.2) is 0 Å². The average molecular weight is 336 g/mol. The molecule has 0 spiro atoms. The van der Waals surface area contributed by atoms with Gasteiger partial charge < -0.3 is 5.32 Å². The maximum absolute atomic E-state index is 11.2. The van der Waals surface area contributed by atoms with Crippen molar-refractivity contribution in [3.63, 3.8) is 0 Å². The zero-order valence-corrected chi connectivity index (χ0v) is 13.9. The Bertz CT molecular complexity index is 601. The highest BCUT2D eigenvalue weighted by Gasteiger charge is 2.26. The summed E-state index contributed by atoms with van der Waals surface area (Å²) in [4.78, 5) is 0. The molecular weight excluding hydrogens is 317 g/mol. The third-order valence-electron chi connectivity index (χ3n) is 3.66. The van der Waals surface area contributed by atoms with E-state index in [1.165, 1.54) is 6.26 Å². The summed E-state index contributed by atoms with van der Waals surface area (Å²) in [5.74, 6) is 0.205. The molecule has 20 heavy (non-hydrogen) atoms. The summed E-state index contributed by atoms with van der Waals surface area (Å²) in [5.41, 5.74) is 2.30. The van der Waals surface area contributed by atoms with Gasteiger partial charge in [0.25, 0.3) is 0 Å². The summed E-state index contributed by atoms with van der Waals surface area (Å²) < 4.78 is 22.4. The quantitative estimate of drug-likeness (QED) is 0.896. The smallest absolute Gasteiger partial charge is 0.147 e. The van der Waals surface area contributed by atoms with Crippen molar-refractivity contribution in [3.05, 3.63) is 33.3 Å². The second-order valence-electron chi connectivity index (χ2n) is 5.53. The lowest BCUT2D eigenvalue weighted by atomic mass is 10.1. The molecule has 0 heterocycles. The molecule has 0 saturated heterocycles. The predicted molar refractivity (Wildman–Crippen MR) is 84.4 cm³/mol. The SMILES string of the molecule is C[C@@H](CCS(C)(=O)=O)N[C@H]1CCc2c(Cl)cc(Cl)cc21. The molecule has 0 bridgehead atoms. The molecule has 0 fully saturated rings. The first-order valence-corrected chi connectivity index (χ1v) is 9.49. The summed E-state index contributed by atoms with van der Waals surface area (Å²) in [6.07, 6.45) is 3.78. The number of nitrogens with one attached hydrogen (secondary N) is 1. The highest BCUT2D eigenvalue weighted by Crippen LogP contribution is 2.38. The Morgan fingerprint density at radius 1 is 1.40 bits per heavy atom. The van der Waals surface area contributed by atoms with Gasteiger partial charge in [0.05, 0.1) is 5.75 Å². The van der Waals surface area contributed by atoms with Crippen molar-refractivity contribution in [3.8, 4) is 0 Å². The van der Waals surface area contributed by atoms with Gasteiger partial charge in [0.1, 0.15) is 9.84 Å². The number of fused-ring (bicyclic) bond motifs is 1. The van der Waals surface area contributed by atoms with Crippen LogP contribution in [0.3, 0.4) is 0 Å². The van der Waals surface area contributed by atoms with Crippen LogP contribution >= 0.6 is 23.2 Å². The van der Waals surface area contributed by atoms with Crippen LogP contribution in [0.1, 0.15) is 36.9 Å². The van der Waals surface area contributed by atoms with E-state index in [0.717, 1.165) is 29.0 Å². The van der Waals surface area contributed by atoms with E-state index < -0.39 is 9.84 Å². The normalized spacial score (nSPS) is 19.9. The number of hydrogen-bond donors (Lipinski definition) is 1. The van der Waals surface area contributed by atoms with Crippen molar-refractivity contribution >= 4 is 33.0 Å². The maximum atomic E-state index is 11.2. The van der Waals surface area contributed by atoms with Crippen molar-refractivity contribution in [1.82, 2.24) is 5.32 Å². The highest BCUT2D eigenvalue weighted by atomic mass is 35.5. The topological polar surface area (TPSA) is 46.2 Å². The number of halogens is 2. The molecule has 0 amide bonds. The minimum absolute atomic E-state index is 0.137. The van der Waals surface area contributed by atoms with Gasteiger partial charge in [0.2, 0.25) is 0 Å². The molecule has 1 aromatic carbocycles. The second-order valence-corrected chi connectivity index (χ2v) is 8.64. The number of hydrogen-bond acceptors (Lipinski definition) is 3. The monoisotopic (exact) mass is 335 g/mol. The molecule has 0 aliphatic heterocycles. The van der Waals surface area contributed by atoms with Gasteiger partial charge in [-0.1, -0.05) is 23.2 Å². The minimum Gasteiger partial charge on any atom is -0.307 e. The Hall–Kier alpha value is -0.290. The molecule has 1 aliphatic carbocycles. The van der Waals surface area contributed by atoms with E-state index in [-0.39, 0.29) is 17.8 Å². The van der Waals surface area contributed by atoms with Crippen molar-refractivity contribution < 1.29 is 8.42 Å². The summed E-state index contributed by atoms with van der Waals surface area (Å²) >= 11 is 12.3. The Morgan fingerprint density at radius 2 is 2.10 bits per heavy atom. The van der Waals surface area contributed by atoms with Crippen LogP contribution in [-0.4, -0.2) is 26.5 Å². The minimum atomic E-state index is -2.91. The van der Waals surface area contributed by atoms with Crippen LogP contribution in [0.15, 0.2) is 12.1 Å². The average Bonchev–Trinajstić information content (AvgIpc) is 2.69. The third kappa shape index (κ3) is 4.10. The van der Waals surface area contributed by atoms with E-state index in [2.05, 4.69) is 5.32 Å². The van der Waals surface area contributed by atoms with E-state index in [4.69, 9.17) is 23.2 Å². The first-order chi connectivity index (χ1) is 9.26. The van der Waals surface area contributed by atoms with Gasteiger partial charge in [-0.25, -0.2) is 8.42 Å². The number of benzene rings is 1. The van der Waals surface area contributed by atoms with Crippen LogP contribution in [0, 0.1) is 0 Å². The molecule has 1 aliphatic rings. The molecule has 6 heteroatoms. The van der Waals surface area contributed by atoms with E-state index in [1.807, 2.05) is 13.0 Å². The highest BCUT2D eigenvalue weighted by molar-refractivity contribution is 7.90. The fourth-order valence-corrected chi connectivity index (χ4v) is 4.02. The summed E-state index contributed by atoms with van der Waals surface area (Å²) in [6.45, 7) is 2.01. The molecule has 1 aromatic rings. The van der Waals surface area contributed by atoms with E-state index in [0.29, 0.717) is 11.4 Å².